The Labute approximate surface area is 109 Å². The summed E-state index contributed by atoms with van der Waals surface area (Å²) in [5.74, 6) is -0.418. The molecule has 0 aromatic heterocycles. The zero-order valence-corrected chi connectivity index (χ0v) is 10.5. The number of carbonyl (C=O) groups is 1. The number of thiol groups is 1. The third-order valence-electron chi connectivity index (χ3n) is 2.26. The number of hydrogen-bond donors (Lipinski definition) is 1. The topological polar surface area (TPSA) is 20.3 Å². The van der Waals surface area contributed by atoms with Gasteiger partial charge >= 0.3 is 6.18 Å². The molecule has 0 bridgehead atoms. The van der Waals surface area contributed by atoms with Crippen LogP contribution < -0.4 is 4.90 Å². The largest absolute Gasteiger partial charge is 0.397 e. The number of hydrogen-bond acceptors (Lipinski definition) is 2. The number of para-hydroxylation sites is 1. The van der Waals surface area contributed by atoms with Gasteiger partial charge in [0, 0.05) is 12.2 Å². The van der Waals surface area contributed by atoms with E-state index >= 15 is 0 Å². The van der Waals surface area contributed by atoms with Gasteiger partial charge in [0.15, 0.2) is 0 Å². The van der Waals surface area contributed by atoms with Crippen molar-refractivity contribution in [1.82, 2.24) is 0 Å². The number of anilines is 1. The number of nitrogens with zero attached hydrogens (tertiary/aromatic N) is 1. The van der Waals surface area contributed by atoms with Gasteiger partial charge in [-0.1, -0.05) is 18.2 Å². The lowest BCUT2D eigenvalue weighted by atomic mass is 10.2. The molecule has 100 valence electrons. The highest BCUT2D eigenvalue weighted by Crippen LogP contribution is 2.23. The highest BCUT2D eigenvalue weighted by molar-refractivity contribution is 7.80. The standard InChI is InChI=1S/C12H14F3NOS/c13-12(14,15)9-11(17)16(7-4-8-18)10-5-2-1-3-6-10/h1-3,5-6,18H,4,7-9H2. The average molecular weight is 277 g/mol. The molecule has 1 rings (SSSR count). The first-order valence-electron chi connectivity index (χ1n) is 5.47. The number of carbonyl (C=O) groups excluding carboxylic acids is 1. The Bertz CT molecular complexity index is 381. The van der Waals surface area contributed by atoms with E-state index in [1.165, 1.54) is 0 Å². The van der Waals surface area contributed by atoms with Gasteiger partial charge in [0.05, 0.1) is 0 Å². The number of alkyl halides is 3. The van der Waals surface area contributed by atoms with Crippen molar-refractivity contribution in [3.8, 4) is 0 Å². The molecule has 0 atom stereocenters. The lowest BCUT2D eigenvalue weighted by Crippen LogP contribution is -2.35. The molecule has 0 unspecified atom stereocenters. The van der Waals surface area contributed by atoms with Gasteiger partial charge < -0.3 is 4.90 Å². The van der Waals surface area contributed by atoms with Gasteiger partial charge in [0.25, 0.3) is 0 Å². The minimum absolute atomic E-state index is 0.239. The van der Waals surface area contributed by atoms with Crippen LogP contribution >= 0.6 is 12.6 Å². The molecular weight excluding hydrogens is 263 g/mol. The summed E-state index contributed by atoms with van der Waals surface area (Å²) in [6.45, 7) is 0.239. The zero-order valence-electron chi connectivity index (χ0n) is 9.65. The van der Waals surface area contributed by atoms with Crippen molar-refractivity contribution in [2.75, 3.05) is 17.2 Å². The highest BCUT2D eigenvalue weighted by atomic mass is 32.1. The van der Waals surface area contributed by atoms with E-state index in [9.17, 15) is 18.0 Å². The van der Waals surface area contributed by atoms with Crippen LogP contribution in [0.3, 0.4) is 0 Å². The van der Waals surface area contributed by atoms with Crippen molar-refractivity contribution < 1.29 is 18.0 Å². The van der Waals surface area contributed by atoms with Gasteiger partial charge in [0.1, 0.15) is 6.42 Å². The van der Waals surface area contributed by atoms with E-state index in [2.05, 4.69) is 12.6 Å². The van der Waals surface area contributed by atoms with Crippen LogP contribution in [-0.4, -0.2) is 24.4 Å². The first kappa shape index (κ1) is 14.9. The first-order chi connectivity index (χ1) is 8.44. The Morgan fingerprint density at radius 3 is 2.33 bits per heavy atom. The van der Waals surface area contributed by atoms with Crippen molar-refractivity contribution in [1.29, 1.82) is 0 Å². The molecule has 0 fully saturated rings. The maximum Gasteiger partial charge on any atom is 0.397 e. The van der Waals surface area contributed by atoms with Crippen LogP contribution in [0.5, 0.6) is 0 Å². The molecule has 0 saturated carbocycles. The lowest BCUT2D eigenvalue weighted by molar-refractivity contribution is -0.151. The van der Waals surface area contributed by atoms with Crippen molar-refractivity contribution >= 4 is 24.2 Å². The van der Waals surface area contributed by atoms with Crippen molar-refractivity contribution in [2.24, 2.45) is 0 Å². The fourth-order valence-electron chi connectivity index (χ4n) is 1.50. The van der Waals surface area contributed by atoms with Crippen LogP contribution in [0.4, 0.5) is 18.9 Å². The quantitative estimate of drug-likeness (QED) is 0.819. The lowest BCUT2D eigenvalue weighted by Gasteiger charge is -2.23. The smallest absolute Gasteiger partial charge is 0.312 e. The Morgan fingerprint density at radius 1 is 1.22 bits per heavy atom. The normalized spacial score (nSPS) is 11.3. The third kappa shape index (κ3) is 5.00. The van der Waals surface area contributed by atoms with Gasteiger partial charge in [-0.05, 0) is 24.3 Å². The number of amides is 1. The molecule has 1 aromatic rings. The van der Waals surface area contributed by atoms with Crippen molar-refractivity contribution in [3.05, 3.63) is 30.3 Å². The zero-order chi connectivity index (χ0) is 13.6. The molecule has 0 spiro atoms. The van der Waals surface area contributed by atoms with E-state index in [4.69, 9.17) is 0 Å². The maximum atomic E-state index is 12.2. The molecule has 0 aliphatic carbocycles. The van der Waals surface area contributed by atoms with E-state index in [0.717, 1.165) is 4.90 Å². The summed E-state index contributed by atoms with van der Waals surface area (Å²) >= 11 is 4.00. The SMILES string of the molecule is O=C(CC(F)(F)F)N(CCCS)c1ccccc1. The molecule has 0 heterocycles. The van der Waals surface area contributed by atoms with Gasteiger partial charge in [-0.15, -0.1) is 0 Å². The summed E-state index contributed by atoms with van der Waals surface area (Å²) in [6, 6.07) is 8.35. The van der Waals surface area contributed by atoms with Gasteiger partial charge in [-0.2, -0.15) is 25.8 Å². The molecule has 18 heavy (non-hydrogen) atoms. The van der Waals surface area contributed by atoms with Crippen LogP contribution in [0.1, 0.15) is 12.8 Å². The summed E-state index contributed by atoms with van der Waals surface area (Å²) in [6.07, 6.45) is -5.37. The van der Waals surface area contributed by atoms with E-state index < -0.39 is 18.5 Å². The molecule has 0 radical (unpaired) electrons. The second-order valence-electron chi connectivity index (χ2n) is 3.75. The van der Waals surface area contributed by atoms with Gasteiger partial charge in [0.2, 0.25) is 5.91 Å². The fraction of sp³-hybridized carbons (Fsp3) is 0.417. The Morgan fingerprint density at radius 2 is 1.83 bits per heavy atom. The molecule has 0 aliphatic heterocycles. The minimum atomic E-state index is -4.48. The second kappa shape index (κ2) is 6.68. The Hall–Kier alpha value is -1.17. The van der Waals surface area contributed by atoms with E-state index in [1.54, 1.807) is 30.3 Å². The van der Waals surface area contributed by atoms with E-state index in [0.29, 0.717) is 17.9 Å². The molecule has 1 amide bonds. The second-order valence-corrected chi connectivity index (χ2v) is 4.20. The van der Waals surface area contributed by atoms with Crippen LogP contribution in [-0.2, 0) is 4.79 Å². The monoisotopic (exact) mass is 277 g/mol. The summed E-state index contributed by atoms with van der Waals surface area (Å²) in [5.41, 5.74) is 0.480. The maximum absolute atomic E-state index is 12.2. The van der Waals surface area contributed by atoms with E-state index in [1.807, 2.05) is 0 Å². The molecular formula is C12H14F3NOS. The number of halogens is 3. The summed E-state index contributed by atoms with van der Waals surface area (Å²) in [4.78, 5) is 12.8. The predicted molar refractivity (Wildman–Crippen MR) is 67.9 cm³/mol. The van der Waals surface area contributed by atoms with Gasteiger partial charge in [-0.3, -0.25) is 4.79 Å². The average Bonchev–Trinajstić information content (AvgIpc) is 2.28. The van der Waals surface area contributed by atoms with E-state index in [-0.39, 0.29) is 6.54 Å². The number of rotatable bonds is 5. The number of benzene rings is 1. The first-order valence-corrected chi connectivity index (χ1v) is 6.10. The fourth-order valence-corrected chi connectivity index (χ4v) is 1.64. The molecule has 0 N–H and O–H groups in total. The Balaban J connectivity index is 2.82. The summed E-state index contributed by atoms with van der Waals surface area (Å²) < 4.78 is 36.7. The molecule has 0 aliphatic rings. The van der Waals surface area contributed by atoms with Crippen LogP contribution in [0.2, 0.25) is 0 Å². The third-order valence-corrected chi connectivity index (χ3v) is 2.58. The highest BCUT2D eigenvalue weighted by Gasteiger charge is 2.33. The molecule has 1 aromatic carbocycles. The van der Waals surface area contributed by atoms with Gasteiger partial charge in [-0.25, -0.2) is 0 Å². The van der Waals surface area contributed by atoms with Crippen LogP contribution in [0.25, 0.3) is 0 Å². The Kier molecular flexibility index (Phi) is 5.53. The summed E-state index contributed by atoms with van der Waals surface area (Å²) in [7, 11) is 0. The minimum Gasteiger partial charge on any atom is -0.312 e. The molecule has 2 nitrogen and oxygen atoms in total. The molecule has 6 heteroatoms. The van der Waals surface area contributed by atoms with Crippen LogP contribution in [0.15, 0.2) is 30.3 Å². The van der Waals surface area contributed by atoms with Crippen LogP contribution in [0, 0.1) is 0 Å². The van der Waals surface area contributed by atoms with Crippen molar-refractivity contribution in [2.45, 2.75) is 19.0 Å². The predicted octanol–water partition coefficient (Wildman–Crippen LogP) is 3.29. The molecule has 0 saturated heterocycles. The summed E-state index contributed by atoms with van der Waals surface area (Å²) in [5, 5.41) is 0. The van der Waals surface area contributed by atoms with Crippen molar-refractivity contribution in [3.63, 3.8) is 0 Å².